The van der Waals surface area contributed by atoms with E-state index in [1.807, 2.05) is 19.1 Å². The molecule has 128 valence electrons. The fourth-order valence-corrected chi connectivity index (χ4v) is 3.20. The van der Waals surface area contributed by atoms with Gasteiger partial charge in [0.15, 0.2) is 0 Å². The van der Waals surface area contributed by atoms with E-state index in [-0.39, 0.29) is 12.0 Å². The van der Waals surface area contributed by atoms with Crippen molar-refractivity contribution in [3.63, 3.8) is 0 Å². The largest absolute Gasteiger partial charge is 0.376 e. The summed E-state index contributed by atoms with van der Waals surface area (Å²) in [5, 5.41) is 7.70. The van der Waals surface area contributed by atoms with Crippen LogP contribution >= 0.6 is 11.6 Å². The van der Waals surface area contributed by atoms with Gasteiger partial charge in [-0.2, -0.15) is 5.10 Å². The van der Waals surface area contributed by atoms with Crippen molar-refractivity contribution in [2.75, 3.05) is 13.2 Å². The molecule has 1 aromatic heterocycles. The zero-order chi connectivity index (χ0) is 17.1. The Morgan fingerprint density at radius 1 is 1.38 bits per heavy atom. The quantitative estimate of drug-likeness (QED) is 0.904. The standard InChI is InChI=1S/C18H22ClN3O2/c1-12-5-7-14(8-6-12)11-22-17(19)16(13(2)21-22)18(23)20-10-15-4-3-9-24-15/h5-8,15H,3-4,9-11H2,1-2H3,(H,20,23)/t15-/m0/s1. The molecule has 1 saturated heterocycles. The van der Waals surface area contributed by atoms with Gasteiger partial charge in [0.1, 0.15) is 5.15 Å². The van der Waals surface area contributed by atoms with Crippen LogP contribution in [0, 0.1) is 13.8 Å². The molecule has 0 radical (unpaired) electrons. The molecule has 24 heavy (non-hydrogen) atoms. The van der Waals surface area contributed by atoms with Crippen molar-refractivity contribution >= 4 is 17.5 Å². The number of carbonyl (C=O) groups excluding carboxylic acids is 1. The van der Waals surface area contributed by atoms with Crippen LogP contribution in [0.5, 0.6) is 0 Å². The lowest BCUT2D eigenvalue weighted by Gasteiger charge is -2.10. The zero-order valence-electron chi connectivity index (χ0n) is 14.0. The predicted octanol–water partition coefficient (Wildman–Crippen LogP) is 3.11. The molecule has 0 bridgehead atoms. The number of halogens is 1. The van der Waals surface area contributed by atoms with Gasteiger partial charge in [-0.1, -0.05) is 41.4 Å². The van der Waals surface area contributed by atoms with Crippen molar-refractivity contribution in [3.8, 4) is 0 Å². The Hall–Kier alpha value is -1.85. The second kappa shape index (κ2) is 7.36. The van der Waals surface area contributed by atoms with Gasteiger partial charge in [-0.15, -0.1) is 0 Å². The third-order valence-corrected chi connectivity index (χ3v) is 4.64. The number of benzene rings is 1. The molecule has 1 amide bonds. The summed E-state index contributed by atoms with van der Waals surface area (Å²) in [6.07, 6.45) is 2.14. The minimum Gasteiger partial charge on any atom is -0.376 e. The van der Waals surface area contributed by atoms with Crippen LogP contribution in [0.15, 0.2) is 24.3 Å². The van der Waals surface area contributed by atoms with Crippen LogP contribution in [-0.4, -0.2) is 34.9 Å². The first kappa shape index (κ1) is 17.0. The average molecular weight is 348 g/mol. The Morgan fingerprint density at radius 2 is 2.12 bits per heavy atom. The Balaban J connectivity index is 1.70. The average Bonchev–Trinajstić information content (AvgIpc) is 3.16. The Bertz CT molecular complexity index is 719. The lowest BCUT2D eigenvalue weighted by atomic mass is 10.1. The second-order valence-corrected chi connectivity index (χ2v) is 6.60. The van der Waals surface area contributed by atoms with E-state index in [4.69, 9.17) is 16.3 Å². The molecule has 1 N–H and O–H groups in total. The number of aryl methyl sites for hydroxylation is 2. The minimum atomic E-state index is -0.192. The summed E-state index contributed by atoms with van der Waals surface area (Å²) in [5.41, 5.74) is 3.38. The van der Waals surface area contributed by atoms with Gasteiger partial charge in [-0.3, -0.25) is 4.79 Å². The van der Waals surface area contributed by atoms with Crippen LogP contribution in [0.25, 0.3) is 0 Å². The molecule has 2 aromatic rings. The van der Waals surface area contributed by atoms with E-state index < -0.39 is 0 Å². The van der Waals surface area contributed by atoms with E-state index in [9.17, 15) is 4.79 Å². The number of hydrogen-bond acceptors (Lipinski definition) is 3. The van der Waals surface area contributed by atoms with E-state index in [2.05, 4.69) is 22.5 Å². The van der Waals surface area contributed by atoms with Crippen molar-refractivity contribution in [2.24, 2.45) is 0 Å². The minimum absolute atomic E-state index is 0.107. The Kier molecular flexibility index (Phi) is 5.21. The molecule has 0 unspecified atom stereocenters. The van der Waals surface area contributed by atoms with E-state index >= 15 is 0 Å². The number of ether oxygens (including phenoxy) is 1. The smallest absolute Gasteiger partial charge is 0.256 e. The summed E-state index contributed by atoms with van der Waals surface area (Å²) in [7, 11) is 0. The van der Waals surface area contributed by atoms with Crippen LogP contribution in [0.3, 0.4) is 0 Å². The summed E-state index contributed by atoms with van der Waals surface area (Å²) >= 11 is 6.41. The zero-order valence-corrected chi connectivity index (χ0v) is 14.8. The van der Waals surface area contributed by atoms with E-state index in [0.717, 1.165) is 25.0 Å². The summed E-state index contributed by atoms with van der Waals surface area (Å²) in [6.45, 7) is 5.68. The number of nitrogens with zero attached hydrogens (tertiary/aromatic N) is 2. The number of amides is 1. The Labute approximate surface area is 147 Å². The van der Waals surface area contributed by atoms with Gasteiger partial charge in [-0.25, -0.2) is 4.68 Å². The van der Waals surface area contributed by atoms with Gasteiger partial charge >= 0.3 is 0 Å². The normalized spacial score (nSPS) is 17.2. The fourth-order valence-electron chi connectivity index (χ4n) is 2.88. The van der Waals surface area contributed by atoms with Gasteiger partial charge in [0.05, 0.1) is 23.9 Å². The fraction of sp³-hybridized carbons (Fsp3) is 0.444. The number of hydrogen-bond donors (Lipinski definition) is 1. The van der Waals surface area contributed by atoms with Crippen LogP contribution in [-0.2, 0) is 11.3 Å². The highest BCUT2D eigenvalue weighted by Gasteiger charge is 2.22. The van der Waals surface area contributed by atoms with Crippen LogP contribution < -0.4 is 5.32 Å². The molecule has 5 nitrogen and oxygen atoms in total. The maximum atomic E-state index is 12.4. The summed E-state index contributed by atoms with van der Waals surface area (Å²) in [5.74, 6) is -0.192. The van der Waals surface area contributed by atoms with E-state index in [1.54, 1.807) is 11.6 Å². The first-order valence-corrected chi connectivity index (χ1v) is 8.60. The summed E-state index contributed by atoms with van der Waals surface area (Å²) in [6, 6.07) is 8.18. The molecule has 0 spiro atoms. The number of rotatable bonds is 5. The first-order chi connectivity index (χ1) is 11.5. The highest BCUT2D eigenvalue weighted by molar-refractivity contribution is 6.33. The second-order valence-electron chi connectivity index (χ2n) is 6.24. The molecule has 1 aliphatic heterocycles. The van der Waals surface area contributed by atoms with Crippen molar-refractivity contribution in [3.05, 3.63) is 51.8 Å². The molecule has 1 aromatic carbocycles. The van der Waals surface area contributed by atoms with Gasteiger partial charge in [0.2, 0.25) is 0 Å². The third-order valence-electron chi connectivity index (χ3n) is 4.26. The van der Waals surface area contributed by atoms with Gasteiger partial charge < -0.3 is 10.1 Å². The molecular weight excluding hydrogens is 326 g/mol. The molecule has 1 atom stereocenters. The molecule has 0 saturated carbocycles. The molecule has 0 aliphatic carbocycles. The highest BCUT2D eigenvalue weighted by Crippen LogP contribution is 2.21. The highest BCUT2D eigenvalue weighted by atomic mass is 35.5. The number of nitrogens with one attached hydrogen (secondary N) is 1. The maximum Gasteiger partial charge on any atom is 0.256 e. The maximum absolute atomic E-state index is 12.4. The molecule has 1 aliphatic rings. The number of carbonyl (C=O) groups is 1. The van der Waals surface area contributed by atoms with Gasteiger partial charge in [0.25, 0.3) is 5.91 Å². The van der Waals surface area contributed by atoms with Crippen molar-refractivity contribution in [2.45, 2.75) is 39.3 Å². The summed E-state index contributed by atoms with van der Waals surface area (Å²) < 4.78 is 7.19. The molecule has 2 heterocycles. The van der Waals surface area contributed by atoms with E-state index in [1.165, 1.54) is 5.56 Å². The van der Waals surface area contributed by atoms with E-state index in [0.29, 0.717) is 29.5 Å². The third kappa shape index (κ3) is 3.79. The van der Waals surface area contributed by atoms with Crippen molar-refractivity contribution in [1.82, 2.24) is 15.1 Å². The van der Waals surface area contributed by atoms with Crippen LogP contribution in [0.4, 0.5) is 0 Å². The lowest BCUT2D eigenvalue weighted by Crippen LogP contribution is -2.32. The van der Waals surface area contributed by atoms with Crippen molar-refractivity contribution in [1.29, 1.82) is 0 Å². The first-order valence-electron chi connectivity index (χ1n) is 8.23. The molecular formula is C18H22ClN3O2. The predicted molar refractivity (Wildman–Crippen MR) is 93.6 cm³/mol. The lowest BCUT2D eigenvalue weighted by molar-refractivity contribution is 0.0857. The number of aromatic nitrogens is 2. The Morgan fingerprint density at radius 3 is 2.79 bits per heavy atom. The van der Waals surface area contributed by atoms with Crippen LogP contribution in [0.2, 0.25) is 5.15 Å². The molecule has 6 heteroatoms. The SMILES string of the molecule is Cc1ccc(Cn2nc(C)c(C(=O)NC[C@@H]3CCCO3)c2Cl)cc1. The van der Waals surface area contributed by atoms with Gasteiger partial charge in [0, 0.05) is 13.2 Å². The van der Waals surface area contributed by atoms with Crippen molar-refractivity contribution < 1.29 is 9.53 Å². The molecule has 1 fully saturated rings. The molecule has 3 rings (SSSR count). The van der Waals surface area contributed by atoms with Gasteiger partial charge in [-0.05, 0) is 32.3 Å². The van der Waals surface area contributed by atoms with Crippen LogP contribution in [0.1, 0.15) is 40.0 Å². The topological polar surface area (TPSA) is 56.2 Å². The monoisotopic (exact) mass is 347 g/mol. The summed E-state index contributed by atoms with van der Waals surface area (Å²) in [4.78, 5) is 12.4.